The summed E-state index contributed by atoms with van der Waals surface area (Å²) >= 11 is 0. The smallest absolute Gasteiger partial charge is 0.367 e. The van der Waals surface area contributed by atoms with E-state index < -0.39 is 11.9 Å². The van der Waals surface area contributed by atoms with Gasteiger partial charge in [-0.1, -0.05) is 0 Å². The molecule has 1 N–H and O–H groups in total. The topological polar surface area (TPSA) is 44.3 Å². The van der Waals surface area contributed by atoms with Crippen molar-refractivity contribution < 1.29 is 13.2 Å². The first-order valence-corrected chi connectivity index (χ1v) is 7.55. The van der Waals surface area contributed by atoms with Gasteiger partial charge in [0.05, 0.1) is 6.20 Å². The molecule has 1 aromatic rings. The van der Waals surface area contributed by atoms with Crippen LogP contribution in [0.3, 0.4) is 0 Å². The standard InChI is InChI=1S/C14H20F3N5/c1-9(2)21-5-6-22-10(8-21)3-4-18-12-13(22)19-7-11(20-12)14(15,16)17/h7,9-10H,3-6,8H2,1-2H3,(H,18,20)/t10-/m0/s1. The van der Waals surface area contributed by atoms with E-state index in [-0.39, 0.29) is 11.9 Å². The SMILES string of the molecule is CC(C)N1CCN2c3ncc(C(F)(F)F)nc3NCC[C@H]2C1. The minimum Gasteiger partial charge on any atom is -0.367 e. The molecule has 8 heteroatoms. The lowest BCUT2D eigenvalue weighted by atomic mass is 10.1. The molecule has 0 aromatic carbocycles. The summed E-state index contributed by atoms with van der Waals surface area (Å²) in [6.07, 6.45) is -2.77. The van der Waals surface area contributed by atoms with E-state index in [1.165, 1.54) is 0 Å². The normalized spacial score (nSPS) is 22.8. The molecule has 2 aliphatic heterocycles. The number of rotatable bonds is 1. The Kier molecular flexibility index (Phi) is 3.88. The Bertz CT molecular complexity index is 546. The molecule has 0 saturated carbocycles. The van der Waals surface area contributed by atoms with Crippen LogP contribution in [0.1, 0.15) is 26.0 Å². The maximum Gasteiger partial charge on any atom is 0.434 e. The summed E-state index contributed by atoms with van der Waals surface area (Å²) in [6.45, 7) is 7.48. The van der Waals surface area contributed by atoms with Gasteiger partial charge in [0.1, 0.15) is 0 Å². The van der Waals surface area contributed by atoms with Crippen LogP contribution in [-0.4, -0.2) is 53.1 Å². The van der Waals surface area contributed by atoms with Crippen LogP contribution in [0.2, 0.25) is 0 Å². The molecule has 122 valence electrons. The lowest BCUT2D eigenvalue weighted by molar-refractivity contribution is -0.141. The van der Waals surface area contributed by atoms with Gasteiger partial charge in [-0.15, -0.1) is 0 Å². The second kappa shape index (κ2) is 5.57. The van der Waals surface area contributed by atoms with Crippen LogP contribution in [0.5, 0.6) is 0 Å². The Labute approximate surface area is 127 Å². The Morgan fingerprint density at radius 2 is 2.09 bits per heavy atom. The van der Waals surface area contributed by atoms with E-state index >= 15 is 0 Å². The number of aromatic nitrogens is 2. The third-order valence-corrected chi connectivity index (χ3v) is 4.33. The highest BCUT2D eigenvalue weighted by Crippen LogP contribution is 2.34. The Morgan fingerprint density at radius 3 is 2.77 bits per heavy atom. The molecule has 22 heavy (non-hydrogen) atoms. The molecule has 1 atom stereocenters. The van der Waals surface area contributed by atoms with E-state index in [0.29, 0.717) is 18.4 Å². The van der Waals surface area contributed by atoms with E-state index in [9.17, 15) is 13.2 Å². The molecule has 3 heterocycles. The fourth-order valence-corrected chi connectivity index (χ4v) is 3.08. The molecule has 0 bridgehead atoms. The van der Waals surface area contributed by atoms with E-state index in [0.717, 1.165) is 32.3 Å². The fraction of sp³-hybridized carbons (Fsp3) is 0.714. The van der Waals surface area contributed by atoms with Crippen LogP contribution in [0.4, 0.5) is 24.8 Å². The van der Waals surface area contributed by atoms with Gasteiger partial charge < -0.3 is 10.2 Å². The molecule has 0 radical (unpaired) electrons. The summed E-state index contributed by atoms with van der Waals surface area (Å²) in [7, 11) is 0. The van der Waals surface area contributed by atoms with Gasteiger partial charge in [-0.2, -0.15) is 13.2 Å². The Hall–Kier alpha value is -1.57. The van der Waals surface area contributed by atoms with Gasteiger partial charge in [0.25, 0.3) is 0 Å². The van der Waals surface area contributed by atoms with Crippen molar-refractivity contribution >= 4 is 11.6 Å². The van der Waals surface area contributed by atoms with Gasteiger partial charge >= 0.3 is 6.18 Å². The molecular formula is C14H20F3N5. The van der Waals surface area contributed by atoms with Crippen LogP contribution in [0.15, 0.2) is 6.20 Å². The van der Waals surface area contributed by atoms with E-state index in [4.69, 9.17) is 0 Å². The maximum absolute atomic E-state index is 12.8. The first kappa shape index (κ1) is 15.3. The number of hydrogen-bond donors (Lipinski definition) is 1. The van der Waals surface area contributed by atoms with E-state index in [1.54, 1.807) is 0 Å². The Balaban J connectivity index is 1.89. The van der Waals surface area contributed by atoms with Crippen molar-refractivity contribution in [3.8, 4) is 0 Å². The number of fused-ring (bicyclic) bond motifs is 3. The summed E-state index contributed by atoms with van der Waals surface area (Å²) in [4.78, 5) is 12.3. The molecule has 5 nitrogen and oxygen atoms in total. The van der Waals surface area contributed by atoms with Gasteiger partial charge in [0.15, 0.2) is 17.3 Å². The highest BCUT2D eigenvalue weighted by molar-refractivity contribution is 5.63. The third kappa shape index (κ3) is 2.84. The van der Waals surface area contributed by atoms with Crippen molar-refractivity contribution in [3.05, 3.63) is 11.9 Å². The number of piperazine rings is 1. The summed E-state index contributed by atoms with van der Waals surface area (Å²) < 4.78 is 38.3. The number of alkyl halides is 3. The molecule has 0 unspecified atom stereocenters. The second-order valence-electron chi connectivity index (χ2n) is 6.08. The van der Waals surface area contributed by atoms with Crippen molar-refractivity contribution in [3.63, 3.8) is 0 Å². The quantitative estimate of drug-likeness (QED) is 0.861. The molecule has 0 aliphatic carbocycles. The highest BCUT2D eigenvalue weighted by Gasteiger charge is 2.37. The predicted molar refractivity (Wildman–Crippen MR) is 78.0 cm³/mol. The fourth-order valence-electron chi connectivity index (χ4n) is 3.08. The molecule has 1 fully saturated rings. The van der Waals surface area contributed by atoms with Crippen LogP contribution < -0.4 is 10.2 Å². The van der Waals surface area contributed by atoms with E-state index in [2.05, 4.69) is 38.9 Å². The summed E-state index contributed by atoms with van der Waals surface area (Å²) in [6, 6.07) is 0.729. The van der Waals surface area contributed by atoms with Gasteiger partial charge in [0, 0.05) is 38.3 Å². The van der Waals surface area contributed by atoms with Crippen LogP contribution in [0.25, 0.3) is 0 Å². The zero-order valence-electron chi connectivity index (χ0n) is 12.7. The van der Waals surface area contributed by atoms with Crippen LogP contribution in [-0.2, 0) is 6.18 Å². The summed E-state index contributed by atoms with van der Waals surface area (Å²) in [5.74, 6) is 0.786. The average molecular weight is 315 g/mol. The van der Waals surface area contributed by atoms with Crippen molar-refractivity contribution in [2.45, 2.75) is 38.5 Å². The molecular weight excluding hydrogens is 295 g/mol. The lowest BCUT2D eigenvalue weighted by Gasteiger charge is -2.43. The number of nitrogens with one attached hydrogen (secondary N) is 1. The van der Waals surface area contributed by atoms with Crippen molar-refractivity contribution in [1.82, 2.24) is 14.9 Å². The minimum atomic E-state index is -4.47. The highest BCUT2D eigenvalue weighted by atomic mass is 19.4. The predicted octanol–water partition coefficient (Wildman–Crippen LogP) is 2.21. The van der Waals surface area contributed by atoms with Crippen LogP contribution >= 0.6 is 0 Å². The van der Waals surface area contributed by atoms with Crippen molar-refractivity contribution in [2.75, 3.05) is 36.4 Å². The van der Waals surface area contributed by atoms with Crippen molar-refractivity contribution in [2.24, 2.45) is 0 Å². The second-order valence-corrected chi connectivity index (χ2v) is 6.08. The molecule has 0 spiro atoms. The van der Waals surface area contributed by atoms with Gasteiger partial charge in [0.2, 0.25) is 0 Å². The monoisotopic (exact) mass is 315 g/mol. The Morgan fingerprint density at radius 1 is 1.32 bits per heavy atom. The molecule has 2 aliphatic rings. The first-order chi connectivity index (χ1) is 10.4. The third-order valence-electron chi connectivity index (χ3n) is 4.33. The number of hydrogen-bond acceptors (Lipinski definition) is 5. The zero-order chi connectivity index (χ0) is 15.9. The number of halogens is 3. The van der Waals surface area contributed by atoms with Crippen molar-refractivity contribution in [1.29, 1.82) is 0 Å². The molecule has 1 saturated heterocycles. The summed E-state index contributed by atoms with van der Waals surface area (Å²) in [5, 5.41) is 3.00. The van der Waals surface area contributed by atoms with Crippen LogP contribution in [0, 0.1) is 0 Å². The average Bonchev–Trinajstić information content (AvgIpc) is 2.64. The number of anilines is 2. The first-order valence-electron chi connectivity index (χ1n) is 7.55. The molecule has 1 aromatic heterocycles. The summed E-state index contributed by atoms with van der Waals surface area (Å²) in [5.41, 5.74) is -0.946. The molecule has 3 rings (SSSR count). The maximum atomic E-state index is 12.8. The largest absolute Gasteiger partial charge is 0.434 e. The zero-order valence-corrected chi connectivity index (χ0v) is 12.7. The van der Waals surface area contributed by atoms with E-state index in [1.807, 2.05) is 0 Å². The lowest BCUT2D eigenvalue weighted by Crippen LogP contribution is -2.55. The van der Waals surface area contributed by atoms with Gasteiger partial charge in [-0.05, 0) is 20.3 Å². The number of nitrogens with zero attached hydrogens (tertiary/aromatic N) is 4. The molecule has 0 amide bonds. The van der Waals surface area contributed by atoms with Gasteiger partial charge in [-0.3, -0.25) is 4.90 Å². The minimum absolute atomic E-state index is 0.246. The van der Waals surface area contributed by atoms with Gasteiger partial charge in [-0.25, -0.2) is 9.97 Å².